The number of benzene rings is 2. The third-order valence-electron chi connectivity index (χ3n) is 5.95. The van der Waals surface area contributed by atoms with Crippen molar-refractivity contribution >= 4 is 31.6 Å². The molecule has 13 heteroatoms. The summed E-state index contributed by atoms with van der Waals surface area (Å²) < 4.78 is 73.1. The lowest BCUT2D eigenvalue weighted by molar-refractivity contribution is 0.0389. The van der Waals surface area contributed by atoms with Gasteiger partial charge in [0.05, 0.1) is 41.6 Å². The van der Waals surface area contributed by atoms with Gasteiger partial charge in [-0.25, -0.2) is 21.2 Å². The van der Waals surface area contributed by atoms with Gasteiger partial charge in [-0.2, -0.15) is 4.31 Å². The van der Waals surface area contributed by atoms with Gasteiger partial charge in [-0.1, -0.05) is 13.0 Å². The molecule has 3 rings (SSSR count). The molecule has 0 radical (unpaired) electrons. The molecule has 198 valence electrons. The molecule has 2 aromatic carbocycles. The van der Waals surface area contributed by atoms with Gasteiger partial charge < -0.3 is 14.7 Å². The Kier molecular flexibility index (Phi) is 8.28. The highest BCUT2D eigenvalue weighted by Crippen LogP contribution is 2.35. The van der Waals surface area contributed by atoms with Crippen molar-refractivity contribution in [1.82, 2.24) is 9.21 Å². The molecular weight excluding hydrogens is 513 g/mol. The minimum Gasteiger partial charge on any atom is -0.486 e. The average Bonchev–Trinajstić information content (AvgIpc) is 2.80. The third kappa shape index (κ3) is 6.14. The molecule has 1 heterocycles. The van der Waals surface area contributed by atoms with Gasteiger partial charge in [0.15, 0.2) is 5.75 Å². The van der Waals surface area contributed by atoms with Gasteiger partial charge in [-0.3, -0.25) is 9.52 Å². The number of hydrogen-bond acceptors (Lipinski definition) is 7. The van der Waals surface area contributed by atoms with Gasteiger partial charge in [-0.15, -0.1) is 0 Å². The molecule has 0 unspecified atom stereocenters. The lowest BCUT2D eigenvalue weighted by Gasteiger charge is -2.38. The Labute approximate surface area is 210 Å². The summed E-state index contributed by atoms with van der Waals surface area (Å²) in [4.78, 5) is 14.7. The first-order valence-corrected chi connectivity index (χ1v) is 14.5. The number of carbonyl (C=O) groups is 1. The zero-order valence-electron chi connectivity index (χ0n) is 20.4. The summed E-state index contributed by atoms with van der Waals surface area (Å²) in [5, 5.41) is 9.74. The minimum absolute atomic E-state index is 0.0306. The summed E-state index contributed by atoms with van der Waals surface area (Å²) in [7, 11) is -6.38. The summed E-state index contributed by atoms with van der Waals surface area (Å²) in [6, 6.07) is 8.29. The summed E-state index contributed by atoms with van der Waals surface area (Å²) in [6.45, 7) is 3.14. The van der Waals surface area contributed by atoms with Crippen molar-refractivity contribution in [2.75, 3.05) is 37.7 Å². The normalized spacial score (nSPS) is 19.8. The molecule has 0 spiro atoms. The molecule has 0 fully saturated rings. The van der Waals surface area contributed by atoms with Gasteiger partial charge in [-0.05, 0) is 43.3 Å². The first kappa shape index (κ1) is 27.8. The van der Waals surface area contributed by atoms with Crippen LogP contribution in [0.3, 0.4) is 0 Å². The number of likely N-dealkylation sites (N-methyl/N-ethyl adjacent to an activating group) is 1. The molecule has 3 atom stereocenters. The van der Waals surface area contributed by atoms with E-state index in [-0.39, 0.29) is 41.6 Å². The van der Waals surface area contributed by atoms with Crippen LogP contribution in [0.4, 0.5) is 10.1 Å². The number of fused-ring (bicyclic) bond motifs is 1. The number of hydrogen-bond donors (Lipinski definition) is 2. The van der Waals surface area contributed by atoms with Crippen molar-refractivity contribution in [3.05, 3.63) is 53.8 Å². The Bertz CT molecular complexity index is 1320. The maximum Gasteiger partial charge on any atom is 0.258 e. The smallest absolute Gasteiger partial charge is 0.258 e. The number of anilines is 1. The maximum atomic E-state index is 13.4. The van der Waals surface area contributed by atoms with E-state index < -0.39 is 49.8 Å². The van der Waals surface area contributed by atoms with Gasteiger partial charge in [0.1, 0.15) is 11.9 Å². The van der Waals surface area contributed by atoms with E-state index in [0.717, 1.165) is 34.8 Å². The predicted octanol–water partition coefficient (Wildman–Crippen LogP) is 1.74. The maximum absolute atomic E-state index is 13.4. The van der Waals surface area contributed by atoms with Gasteiger partial charge >= 0.3 is 0 Å². The quantitative estimate of drug-likeness (QED) is 0.518. The second-order valence-corrected chi connectivity index (χ2v) is 12.7. The Morgan fingerprint density at radius 3 is 2.42 bits per heavy atom. The molecule has 0 saturated carbocycles. The van der Waals surface area contributed by atoms with Crippen LogP contribution in [0.1, 0.15) is 24.2 Å². The van der Waals surface area contributed by atoms with Crippen molar-refractivity contribution in [1.29, 1.82) is 0 Å². The van der Waals surface area contributed by atoms with E-state index in [1.54, 1.807) is 13.8 Å². The summed E-state index contributed by atoms with van der Waals surface area (Å²) in [6.07, 6.45) is 0.147. The summed E-state index contributed by atoms with van der Waals surface area (Å²) >= 11 is 0. The van der Waals surface area contributed by atoms with Crippen LogP contribution < -0.4 is 9.46 Å². The van der Waals surface area contributed by atoms with Crippen molar-refractivity contribution < 1.29 is 35.9 Å². The molecule has 1 aliphatic rings. The Balaban J connectivity index is 2.05. The van der Waals surface area contributed by atoms with Crippen LogP contribution >= 0.6 is 0 Å². The molecule has 0 aliphatic carbocycles. The van der Waals surface area contributed by atoms with Crippen molar-refractivity contribution in [2.45, 2.75) is 30.9 Å². The van der Waals surface area contributed by atoms with E-state index in [2.05, 4.69) is 4.72 Å². The van der Waals surface area contributed by atoms with E-state index in [4.69, 9.17) is 4.74 Å². The van der Waals surface area contributed by atoms with E-state index in [0.29, 0.717) is 0 Å². The lowest BCUT2D eigenvalue weighted by atomic mass is 9.99. The van der Waals surface area contributed by atoms with Crippen LogP contribution in [0.15, 0.2) is 47.4 Å². The fourth-order valence-corrected chi connectivity index (χ4v) is 5.62. The number of carbonyl (C=O) groups excluding carboxylic acids is 1. The van der Waals surface area contributed by atoms with Crippen LogP contribution in [0.25, 0.3) is 0 Å². The van der Waals surface area contributed by atoms with Gasteiger partial charge in [0.2, 0.25) is 20.0 Å². The second-order valence-electron chi connectivity index (χ2n) is 8.92. The second kappa shape index (κ2) is 10.7. The third-order valence-corrected chi connectivity index (χ3v) is 8.37. The van der Waals surface area contributed by atoms with E-state index in [9.17, 15) is 31.1 Å². The van der Waals surface area contributed by atoms with E-state index in [1.165, 1.54) is 30.1 Å². The molecule has 1 amide bonds. The van der Waals surface area contributed by atoms with Crippen molar-refractivity contribution in [2.24, 2.45) is 5.92 Å². The number of sulfonamides is 2. The Morgan fingerprint density at radius 1 is 1.19 bits per heavy atom. The lowest BCUT2D eigenvalue weighted by Crippen LogP contribution is -2.50. The number of halogens is 1. The molecule has 2 N–H and O–H groups in total. The fourth-order valence-electron chi connectivity index (χ4n) is 3.88. The van der Waals surface area contributed by atoms with Gasteiger partial charge in [0.25, 0.3) is 5.91 Å². The summed E-state index contributed by atoms with van der Waals surface area (Å²) in [5.74, 6) is -1.49. The molecule has 1 aliphatic heterocycles. The number of nitrogens with one attached hydrogen (secondary N) is 1. The molecule has 0 bridgehead atoms. The van der Waals surface area contributed by atoms with E-state index in [1.807, 2.05) is 0 Å². The van der Waals surface area contributed by atoms with Crippen LogP contribution in [0.5, 0.6) is 5.75 Å². The molecule has 2 aromatic rings. The highest BCUT2D eigenvalue weighted by Gasteiger charge is 2.36. The highest BCUT2D eigenvalue weighted by atomic mass is 32.2. The molecule has 10 nitrogen and oxygen atoms in total. The number of nitrogens with zero attached hydrogens (tertiary/aromatic N) is 2. The van der Waals surface area contributed by atoms with Crippen LogP contribution in [0, 0.1) is 11.7 Å². The fraction of sp³-hybridized carbons (Fsp3) is 0.435. The van der Waals surface area contributed by atoms with Gasteiger partial charge in [0, 0.05) is 19.5 Å². The number of aliphatic hydroxyl groups excluding tert-OH is 1. The minimum atomic E-state index is -4.01. The Morgan fingerprint density at radius 2 is 1.83 bits per heavy atom. The summed E-state index contributed by atoms with van der Waals surface area (Å²) in [5.41, 5.74) is 0.105. The monoisotopic (exact) mass is 543 g/mol. The standard InChI is InChI=1S/C23H30FN3O7S2/c1-15-12-27(16(2)14-28)23(29)19-6-5-7-20(25-35(4,30)31)22(19)34-21(15)13-26(3)36(32,33)18-10-8-17(24)9-11-18/h5-11,15-16,21,25,28H,12-14H2,1-4H3/t15-,16+,21-/m1/s1. The van der Waals surface area contributed by atoms with Crippen LogP contribution in [0.2, 0.25) is 0 Å². The molecular formula is C23H30FN3O7S2. The number of ether oxygens (including phenoxy) is 1. The largest absolute Gasteiger partial charge is 0.486 e. The molecule has 0 aromatic heterocycles. The highest BCUT2D eigenvalue weighted by molar-refractivity contribution is 7.92. The molecule has 36 heavy (non-hydrogen) atoms. The first-order chi connectivity index (χ1) is 16.7. The average molecular weight is 544 g/mol. The number of amides is 1. The molecule has 0 saturated heterocycles. The SMILES string of the molecule is C[C@@H]1CN([C@@H](C)CO)C(=O)c2cccc(NS(C)(=O)=O)c2O[C@@H]1CN(C)S(=O)(=O)c1ccc(F)cc1. The van der Waals surface area contributed by atoms with Crippen molar-refractivity contribution in [3.8, 4) is 5.75 Å². The van der Waals surface area contributed by atoms with Crippen molar-refractivity contribution in [3.63, 3.8) is 0 Å². The number of aliphatic hydroxyl groups is 1. The topological polar surface area (TPSA) is 133 Å². The zero-order chi connectivity index (χ0) is 26.8. The Hall–Kier alpha value is -2.74. The van der Waals surface area contributed by atoms with Crippen LogP contribution in [-0.2, 0) is 20.0 Å². The number of rotatable bonds is 8. The first-order valence-electron chi connectivity index (χ1n) is 11.2. The predicted molar refractivity (Wildman–Crippen MR) is 132 cm³/mol. The van der Waals surface area contributed by atoms with E-state index >= 15 is 0 Å². The zero-order valence-corrected chi connectivity index (χ0v) is 22.0. The number of para-hydroxylation sites is 1. The van der Waals surface area contributed by atoms with Crippen LogP contribution in [-0.4, -0.2) is 82.2 Å².